The number of nitriles is 1. The molecule has 1 aliphatic heterocycles. The Labute approximate surface area is 204 Å². The van der Waals surface area contributed by atoms with Crippen molar-refractivity contribution < 1.29 is 18.0 Å². The molecule has 0 atom stereocenters. The van der Waals surface area contributed by atoms with E-state index >= 15 is 0 Å². The van der Waals surface area contributed by atoms with Crippen LogP contribution >= 0.6 is 11.6 Å². The van der Waals surface area contributed by atoms with Crippen LogP contribution in [0.15, 0.2) is 42.7 Å². The first-order valence-corrected chi connectivity index (χ1v) is 11.6. The first-order valence-electron chi connectivity index (χ1n) is 11.1. The van der Waals surface area contributed by atoms with E-state index in [0.29, 0.717) is 24.9 Å². The zero-order valence-corrected chi connectivity index (χ0v) is 19.6. The van der Waals surface area contributed by atoms with Gasteiger partial charge < -0.3 is 9.47 Å². The minimum Gasteiger partial charge on any atom is -0.321 e. The molecule has 0 bridgehead atoms. The van der Waals surface area contributed by atoms with Gasteiger partial charge in [0, 0.05) is 41.9 Å². The van der Waals surface area contributed by atoms with E-state index < -0.39 is 17.6 Å². The molecule has 5 rings (SSSR count). The van der Waals surface area contributed by atoms with E-state index in [1.165, 1.54) is 11.0 Å². The highest BCUT2D eigenvalue weighted by molar-refractivity contribution is 6.17. The molecule has 1 saturated carbocycles. The van der Waals surface area contributed by atoms with Crippen LogP contribution < -0.4 is 4.90 Å². The van der Waals surface area contributed by atoms with E-state index in [2.05, 4.69) is 16.3 Å². The fourth-order valence-electron chi connectivity index (χ4n) is 5.24. The molecule has 1 amide bonds. The summed E-state index contributed by atoms with van der Waals surface area (Å²) in [5.74, 6) is 0.0808. The van der Waals surface area contributed by atoms with Crippen LogP contribution in [0.3, 0.4) is 0 Å². The summed E-state index contributed by atoms with van der Waals surface area (Å²) in [5.41, 5.74) is 0.489. The van der Waals surface area contributed by atoms with Crippen molar-refractivity contribution in [1.29, 1.82) is 5.26 Å². The van der Waals surface area contributed by atoms with Crippen molar-refractivity contribution in [1.82, 2.24) is 14.8 Å². The average Bonchev–Trinajstić information content (AvgIpc) is 3.37. The Morgan fingerprint density at radius 3 is 2.66 bits per heavy atom. The number of rotatable bonds is 5. The summed E-state index contributed by atoms with van der Waals surface area (Å²) < 4.78 is 43.1. The highest BCUT2D eigenvalue weighted by atomic mass is 35.5. The molecule has 0 N–H and O–H groups in total. The molecule has 2 aromatic carbocycles. The standard InChI is InChI=1S/C25H21ClF3N5O/c1-33-14-31-32-22(33)10-24(8-16(9-24)12-30)17-3-2-4-18(7-17)34-13-20-19(23(34)35)5-15(11-26)6-21(20)25(27,28)29/h2-7,14,16H,8-11,13H2,1H3. The number of carbonyl (C=O) groups excluding carboxylic acids is 1. The van der Waals surface area contributed by atoms with Crippen LogP contribution in [0.4, 0.5) is 18.9 Å². The Morgan fingerprint density at radius 1 is 1.26 bits per heavy atom. The molecule has 2 heterocycles. The molecule has 35 heavy (non-hydrogen) atoms. The van der Waals surface area contributed by atoms with Gasteiger partial charge >= 0.3 is 6.18 Å². The lowest BCUT2D eigenvalue weighted by atomic mass is 9.57. The van der Waals surface area contributed by atoms with Gasteiger partial charge in [0.1, 0.15) is 12.2 Å². The maximum atomic E-state index is 13.8. The number of fused-ring (bicyclic) bond motifs is 1. The predicted molar refractivity (Wildman–Crippen MR) is 123 cm³/mol. The number of carbonyl (C=O) groups is 1. The van der Waals surface area contributed by atoms with Gasteiger partial charge in [-0.2, -0.15) is 18.4 Å². The summed E-state index contributed by atoms with van der Waals surface area (Å²) in [5, 5.41) is 17.5. The highest BCUT2D eigenvalue weighted by Crippen LogP contribution is 2.50. The van der Waals surface area contributed by atoms with Crippen LogP contribution in [-0.4, -0.2) is 20.7 Å². The molecule has 2 aliphatic rings. The second kappa shape index (κ2) is 8.38. The van der Waals surface area contributed by atoms with Gasteiger partial charge in [0.05, 0.1) is 18.2 Å². The normalized spacial score (nSPS) is 21.5. The minimum absolute atomic E-state index is 0.0304. The van der Waals surface area contributed by atoms with Gasteiger partial charge in [-0.1, -0.05) is 12.1 Å². The molecule has 0 saturated heterocycles. The zero-order chi connectivity index (χ0) is 25.0. The lowest BCUT2D eigenvalue weighted by Crippen LogP contribution is -2.43. The van der Waals surface area contributed by atoms with E-state index in [-0.39, 0.29) is 40.4 Å². The Morgan fingerprint density at radius 2 is 2.03 bits per heavy atom. The third-order valence-electron chi connectivity index (χ3n) is 7.09. The summed E-state index contributed by atoms with van der Waals surface area (Å²) in [6.45, 7) is -0.174. The van der Waals surface area contributed by atoms with Crippen molar-refractivity contribution in [2.75, 3.05) is 4.90 Å². The largest absolute Gasteiger partial charge is 0.416 e. The number of hydrogen-bond acceptors (Lipinski definition) is 4. The van der Waals surface area contributed by atoms with Crippen molar-refractivity contribution in [3.05, 3.63) is 76.4 Å². The van der Waals surface area contributed by atoms with Gasteiger partial charge in [-0.3, -0.25) is 4.79 Å². The van der Waals surface area contributed by atoms with E-state index in [1.807, 2.05) is 23.7 Å². The van der Waals surface area contributed by atoms with Crippen molar-refractivity contribution in [2.45, 2.75) is 43.3 Å². The van der Waals surface area contributed by atoms with Crippen molar-refractivity contribution in [2.24, 2.45) is 13.0 Å². The van der Waals surface area contributed by atoms with Crippen LogP contribution in [0.2, 0.25) is 0 Å². The monoisotopic (exact) mass is 499 g/mol. The molecule has 6 nitrogen and oxygen atoms in total. The Bertz CT molecular complexity index is 1350. The summed E-state index contributed by atoms with van der Waals surface area (Å²) in [4.78, 5) is 14.6. The molecule has 0 radical (unpaired) electrons. The van der Waals surface area contributed by atoms with Crippen molar-refractivity contribution in [3.63, 3.8) is 0 Å². The van der Waals surface area contributed by atoms with Gasteiger partial charge in [-0.05, 0) is 53.8 Å². The summed E-state index contributed by atoms with van der Waals surface area (Å²) in [6.07, 6.45) is -1.15. The lowest BCUT2D eigenvalue weighted by molar-refractivity contribution is -0.138. The smallest absolute Gasteiger partial charge is 0.321 e. The topological polar surface area (TPSA) is 74.8 Å². The second-order valence-corrected chi connectivity index (χ2v) is 9.56. The lowest BCUT2D eigenvalue weighted by Gasteiger charge is -2.45. The van der Waals surface area contributed by atoms with Crippen LogP contribution in [0.5, 0.6) is 0 Å². The second-order valence-electron chi connectivity index (χ2n) is 9.29. The molecular weight excluding hydrogens is 479 g/mol. The maximum Gasteiger partial charge on any atom is 0.416 e. The molecule has 180 valence electrons. The average molecular weight is 500 g/mol. The van der Waals surface area contributed by atoms with Gasteiger partial charge in [-0.25, -0.2) is 0 Å². The summed E-state index contributed by atoms with van der Waals surface area (Å²) >= 11 is 5.81. The summed E-state index contributed by atoms with van der Waals surface area (Å²) in [6, 6.07) is 12.1. The maximum absolute atomic E-state index is 13.8. The number of benzene rings is 2. The van der Waals surface area contributed by atoms with Gasteiger partial charge in [0.25, 0.3) is 5.91 Å². The quantitative estimate of drug-likeness (QED) is 0.455. The number of aryl methyl sites for hydroxylation is 1. The van der Waals surface area contributed by atoms with Gasteiger partial charge in [-0.15, -0.1) is 21.8 Å². The van der Waals surface area contributed by atoms with Crippen molar-refractivity contribution >= 4 is 23.2 Å². The fraction of sp³-hybridized carbons (Fsp3) is 0.360. The summed E-state index contributed by atoms with van der Waals surface area (Å²) in [7, 11) is 1.85. The number of anilines is 1. The van der Waals surface area contributed by atoms with E-state index in [9.17, 15) is 23.2 Å². The third kappa shape index (κ3) is 3.96. The SMILES string of the molecule is Cn1cnnc1CC1(c2cccc(N3Cc4c(cc(CCl)cc4C(F)(F)F)C3=O)c2)CC(C#N)C1. The molecule has 1 aromatic heterocycles. The van der Waals surface area contributed by atoms with E-state index in [1.54, 1.807) is 18.5 Å². The number of aromatic nitrogens is 3. The molecule has 10 heteroatoms. The van der Waals surface area contributed by atoms with Crippen LogP contribution in [0, 0.1) is 17.2 Å². The van der Waals surface area contributed by atoms with E-state index in [0.717, 1.165) is 17.5 Å². The Kier molecular flexibility index (Phi) is 5.59. The van der Waals surface area contributed by atoms with Gasteiger partial charge in [0.2, 0.25) is 0 Å². The molecule has 0 unspecified atom stereocenters. The predicted octanol–water partition coefficient (Wildman–Crippen LogP) is 5.15. The van der Waals surface area contributed by atoms with Crippen LogP contribution in [0.25, 0.3) is 0 Å². The highest BCUT2D eigenvalue weighted by Gasteiger charge is 2.47. The number of hydrogen-bond donors (Lipinski definition) is 0. The molecular formula is C25H21ClF3N5O. The number of alkyl halides is 4. The third-order valence-corrected chi connectivity index (χ3v) is 7.40. The van der Waals surface area contributed by atoms with E-state index in [4.69, 9.17) is 11.6 Å². The Hall–Kier alpha value is -3.38. The first kappa shape index (κ1) is 23.4. The van der Waals surface area contributed by atoms with Crippen LogP contribution in [0.1, 0.15) is 51.3 Å². The fourth-order valence-corrected chi connectivity index (χ4v) is 5.39. The van der Waals surface area contributed by atoms with Crippen molar-refractivity contribution in [3.8, 4) is 6.07 Å². The number of halogens is 4. The molecule has 1 aliphatic carbocycles. The molecule has 0 spiro atoms. The molecule has 1 fully saturated rings. The molecule has 3 aromatic rings. The Balaban J connectivity index is 1.51. The number of amides is 1. The van der Waals surface area contributed by atoms with Gasteiger partial charge in [0.15, 0.2) is 0 Å². The first-order chi connectivity index (χ1) is 16.6. The zero-order valence-electron chi connectivity index (χ0n) is 18.8. The van der Waals surface area contributed by atoms with Crippen LogP contribution in [-0.2, 0) is 37.5 Å². The number of nitrogens with zero attached hydrogens (tertiary/aromatic N) is 5. The minimum atomic E-state index is -4.59.